The molecule has 7 nitrogen and oxygen atoms in total. The molecule has 0 atom stereocenters. The number of benzene rings is 1. The van der Waals surface area contributed by atoms with E-state index in [-0.39, 0.29) is 24.3 Å². The zero-order chi connectivity index (χ0) is 19.0. The van der Waals surface area contributed by atoms with E-state index < -0.39 is 11.5 Å². The van der Waals surface area contributed by atoms with Gasteiger partial charge in [0.25, 0.3) is 0 Å². The standard InChI is InChI=1S/C19H18FN5O2/c1-12-5-8-16(21-10-12)25-18(13-3-2-4-14(20)9-13)23-24(19(25)27)11-17(26)22-15-6-7-15/h2-5,8-10,15H,6-7,11H2,1H3,(H,22,26). The van der Waals surface area contributed by atoms with Crippen molar-refractivity contribution >= 4 is 5.91 Å². The number of aromatic nitrogens is 4. The van der Waals surface area contributed by atoms with Crippen LogP contribution in [0.3, 0.4) is 0 Å². The number of hydrogen-bond donors (Lipinski definition) is 1. The molecule has 0 radical (unpaired) electrons. The van der Waals surface area contributed by atoms with Crippen molar-refractivity contribution in [3.8, 4) is 17.2 Å². The van der Waals surface area contributed by atoms with Crippen molar-refractivity contribution in [3.63, 3.8) is 0 Å². The Morgan fingerprint density at radius 2 is 2.11 bits per heavy atom. The second-order valence-electron chi connectivity index (χ2n) is 6.65. The molecule has 0 bridgehead atoms. The molecule has 1 aliphatic carbocycles. The maximum absolute atomic E-state index is 13.7. The van der Waals surface area contributed by atoms with Crippen molar-refractivity contribution in [2.45, 2.75) is 32.4 Å². The van der Waals surface area contributed by atoms with Crippen LogP contribution in [0, 0.1) is 12.7 Å². The van der Waals surface area contributed by atoms with Crippen LogP contribution in [0.25, 0.3) is 17.2 Å². The Morgan fingerprint density at radius 3 is 2.78 bits per heavy atom. The number of nitrogens with one attached hydrogen (secondary N) is 1. The van der Waals surface area contributed by atoms with Crippen LogP contribution in [0.1, 0.15) is 18.4 Å². The molecule has 1 aliphatic rings. The number of amides is 1. The molecule has 1 saturated carbocycles. The van der Waals surface area contributed by atoms with Crippen LogP contribution in [-0.2, 0) is 11.3 Å². The van der Waals surface area contributed by atoms with E-state index >= 15 is 0 Å². The van der Waals surface area contributed by atoms with Crippen LogP contribution in [0.5, 0.6) is 0 Å². The average Bonchev–Trinajstić information content (AvgIpc) is 3.39. The summed E-state index contributed by atoms with van der Waals surface area (Å²) in [6.45, 7) is 1.69. The van der Waals surface area contributed by atoms with Gasteiger partial charge in [-0.3, -0.25) is 4.79 Å². The molecule has 3 aromatic rings. The van der Waals surface area contributed by atoms with Gasteiger partial charge in [-0.1, -0.05) is 18.2 Å². The molecule has 0 aliphatic heterocycles. The number of halogens is 1. The van der Waals surface area contributed by atoms with Crippen LogP contribution in [0.2, 0.25) is 0 Å². The summed E-state index contributed by atoms with van der Waals surface area (Å²) in [6.07, 6.45) is 3.54. The normalized spacial score (nSPS) is 13.6. The number of aryl methyl sites for hydroxylation is 1. The highest BCUT2D eigenvalue weighted by molar-refractivity contribution is 5.76. The Balaban J connectivity index is 1.80. The fourth-order valence-electron chi connectivity index (χ4n) is 2.76. The van der Waals surface area contributed by atoms with E-state index in [0.717, 1.165) is 23.1 Å². The Kier molecular flexibility index (Phi) is 4.31. The number of pyridine rings is 1. The molecule has 0 unspecified atom stereocenters. The predicted molar refractivity (Wildman–Crippen MR) is 96.9 cm³/mol. The van der Waals surface area contributed by atoms with Crippen LogP contribution >= 0.6 is 0 Å². The fraction of sp³-hybridized carbons (Fsp3) is 0.263. The monoisotopic (exact) mass is 367 g/mol. The van der Waals surface area contributed by atoms with Crippen molar-refractivity contribution in [1.29, 1.82) is 0 Å². The molecule has 8 heteroatoms. The lowest BCUT2D eigenvalue weighted by Crippen LogP contribution is -2.34. The SMILES string of the molecule is Cc1ccc(-n2c(-c3cccc(F)c3)nn(CC(=O)NC3CC3)c2=O)nc1. The van der Waals surface area contributed by atoms with E-state index in [1.165, 1.54) is 16.7 Å². The topological polar surface area (TPSA) is 81.8 Å². The molecule has 27 heavy (non-hydrogen) atoms. The van der Waals surface area contributed by atoms with E-state index in [1.807, 2.05) is 13.0 Å². The largest absolute Gasteiger partial charge is 0.352 e. The van der Waals surface area contributed by atoms with Gasteiger partial charge in [-0.15, -0.1) is 5.10 Å². The van der Waals surface area contributed by atoms with Gasteiger partial charge in [-0.2, -0.15) is 0 Å². The van der Waals surface area contributed by atoms with Gasteiger partial charge < -0.3 is 5.32 Å². The van der Waals surface area contributed by atoms with Crippen LogP contribution in [0.4, 0.5) is 4.39 Å². The Morgan fingerprint density at radius 1 is 1.30 bits per heavy atom. The second kappa shape index (κ2) is 6.79. The lowest BCUT2D eigenvalue weighted by molar-refractivity contribution is -0.122. The molecule has 1 fully saturated rings. The minimum atomic E-state index is -0.503. The number of hydrogen-bond acceptors (Lipinski definition) is 4. The molecule has 138 valence electrons. The first kappa shape index (κ1) is 17.1. The van der Waals surface area contributed by atoms with E-state index in [1.54, 1.807) is 24.4 Å². The Hall–Kier alpha value is -3.29. The summed E-state index contributed by atoms with van der Waals surface area (Å²) in [4.78, 5) is 29.3. The summed E-state index contributed by atoms with van der Waals surface area (Å²) in [5.74, 6) is -0.120. The van der Waals surface area contributed by atoms with Crippen LogP contribution < -0.4 is 11.0 Å². The third-order valence-electron chi connectivity index (χ3n) is 4.28. The van der Waals surface area contributed by atoms with Gasteiger partial charge in [0.1, 0.15) is 18.2 Å². The average molecular weight is 367 g/mol. The summed E-state index contributed by atoms with van der Waals surface area (Å²) in [5, 5.41) is 7.12. The van der Waals surface area contributed by atoms with Gasteiger partial charge in [-0.25, -0.2) is 23.4 Å². The first-order valence-corrected chi connectivity index (χ1v) is 8.69. The van der Waals surface area contributed by atoms with Gasteiger partial charge in [0.15, 0.2) is 5.82 Å². The number of nitrogens with zero attached hydrogens (tertiary/aromatic N) is 4. The fourth-order valence-corrected chi connectivity index (χ4v) is 2.76. The summed E-state index contributed by atoms with van der Waals surface area (Å²) in [7, 11) is 0. The van der Waals surface area contributed by atoms with Crippen LogP contribution in [-0.4, -0.2) is 31.3 Å². The van der Waals surface area contributed by atoms with Crippen molar-refractivity contribution in [2.24, 2.45) is 0 Å². The molecule has 0 spiro atoms. The zero-order valence-electron chi connectivity index (χ0n) is 14.7. The van der Waals surface area contributed by atoms with E-state index in [0.29, 0.717) is 11.4 Å². The summed E-state index contributed by atoms with van der Waals surface area (Å²) in [5.41, 5.74) is 0.864. The second-order valence-corrected chi connectivity index (χ2v) is 6.65. The first-order valence-electron chi connectivity index (χ1n) is 8.69. The van der Waals surface area contributed by atoms with Crippen molar-refractivity contribution in [3.05, 3.63) is 64.5 Å². The lowest BCUT2D eigenvalue weighted by Gasteiger charge is -2.05. The maximum atomic E-state index is 13.7. The summed E-state index contributed by atoms with van der Waals surface area (Å²) >= 11 is 0. The van der Waals surface area contributed by atoms with Gasteiger partial charge in [0, 0.05) is 17.8 Å². The molecule has 0 saturated heterocycles. The minimum absolute atomic E-state index is 0.191. The molecule has 1 N–H and O–H groups in total. The van der Waals surface area contributed by atoms with E-state index in [4.69, 9.17) is 0 Å². The van der Waals surface area contributed by atoms with Gasteiger partial charge in [0.05, 0.1) is 0 Å². The molecule has 2 aromatic heterocycles. The highest BCUT2D eigenvalue weighted by Crippen LogP contribution is 2.20. The van der Waals surface area contributed by atoms with Gasteiger partial charge in [0.2, 0.25) is 5.91 Å². The number of carbonyl (C=O) groups excluding carboxylic acids is 1. The van der Waals surface area contributed by atoms with Gasteiger partial charge in [-0.05, 0) is 43.5 Å². The third kappa shape index (κ3) is 3.64. The first-order chi connectivity index (χ1) is 13.0. The molecular formula is C19H18FN5O2. The third-order valence-corrected chi connectivity index (χ3v) is 4.28. The highest BCUT2D eigenvalue weighted by atomic mass is 19.1. The number of carbonyl (C=O) groups is 1. The Labute approximate surface area is 154 Å². The number of rotatable bonds is 5. The van der Waals surface area contributed by atoms with Crippen LogP contribution in [0.15, 0.2) is 47.4 Å². The molecule has 2 heterocycles. The Bertz CT molecular complexity index is 1050. The molecule has 1 aromatic carbocycles. The van der Waals surface area contributed by atoms with Gasteiger partial charge >= 0.3 is 5.69 Å². The van der Waals surface area contributed by atoms with Crippen molar-refractivity contribution < 1.29 is 9.18 Å². The zero-order valence-corrected chi connectivity index (χ0v) is 14.7. The van der Waals surface area contributed by atoms with Crippen molar-refractivity contribution in [1.82, 2.24) is 24.6 Å². The predicted octanol–water partition coefficient (Wildman–Crippen LogP) is 1.82. The quantitative estimate of drug-likeness (QED) is 0.746. The minimum Gasteiger partial charge on any atom is -0.352 e. The highest BCUT2D eigenvalue weighted by Gasteiger charge is 2.25. The van der Waals surface area contributed by atoms with E-state index in [2.05, 4.69) is 15.4 Å². The van der Waals surface area contributed by atoms with Crippen molar-refractivity contribution in [2.75, 3.05) is 0 Å². The maximum Gasteiger partial charge on any atom is 0.352 e. The molecule has 1 amide bonds. The summed E-state index contributed by atoms with van der Waals surface area (Å²) in [6, 6.07) is 9.51. The lowest BCUT2D eigenvalue weighted by atomic mass is 10.2. The summed E-state index contributed by atoms with van der Waals surface area (Å²) < 4.78 is 16.1. The van der Waals surface area contributed by atoms with E-state index in [9.17, 15) is 14.0 Å². The molecular weight excluding hydrogens is 349 g/mol. The smallest absolute Gasteiger partial charge is 0.352 e. The molecule has 4 rings (SSSR count).